The molecule has 0 aromatic carbocycles. The maximum Gasteiger partial charge on any atom is 0.277 e. The molecule has 4 amide bonds. The first-order chi connectivity index (χ1) is 13.8. The second kappa shape index (κ2) is 6.96. The monoisotopic (exact) mass is 400 g/mol. The van der Waals surface area contributed by atoms with E-state index in [1.807, 2.05) is 0 Å². The van der Waals surface area contributed by atoms with E-state index in [2.05, 4.69) is 20.4 Å². The van der Waals surface area contributed by atoms with Crippen LogP contribution < -0.4 is 5.32 Å². The van der Waals surface area contributed by atoms with Gasteiger partial charge in [0.15, 0.2) is 0 Å². The predicted octanol–water partition coefficient (Wildman–Crippen LogP) is -0.477. The average molecular weight is 400 g/mol. The van der Waals surface area contributed by atoms with Crippen LogP contribution in [0.5, 0.6) is 0 Å². The Bertz CT molecular complexity index is 1050. The summed E-state index contributed by atoms with van der Waals surface area (Å²) in [5.74, 6) is -1.20. The van der Waals surface area contributed by atoms with E-state index in [1.54, 1.807) is 14.0 Å². The van der Waals surface area contributed by atoms with Gasteiger partial charge in [0.05, 0.1) is 12.7 Å². The van der Waals surface area contributed by atoms with Crippen molar-refractivity contribution in [2.24, 2.45) is 0 Å². The zero-order chi connectivity index (χ0) is 20.7. The van der Waals surface area contributed by atoms with E-state index in [1.165, 1.54) is 11.1 Å². The van der Waals surface area contributed by atoms with Crippen LogP contribution in [0.15, 0.2) is 26.9 Å². The van der Waals surface area contributed by atoms with Crippen LogP contribution in [-0.2, 0) is 25.7 Å². The lowest BCUT2D eigenvalue weighted by atomic mass is 10.0. The van der Waals surface area contributed by atoms with Gasteiger partial charge in [-0.15, -0.1) is 0 Å². The van der Waals surface area contributed by atoms with Gasteiger partial charge in [0.2, 0.25) is 17.7 Å². The summed E-state index contributed by atoms with van der Waals surface area (Å²) in [4.78, 5) is 58.9. The highest BCUT2D eigenvalue weighted by Crippen LogP contribution is 2.24. The highest BCUT2D eigenvalue weighted by Gasteiger charge is 2.43. The molecule has 2 aromatic rings. The average Bonchev–Trinajstić information content (AvgIpc) is 3.36. The number of rotatable bonds is 5. The Morgan fingerprint density at radius 1 is 1.31 bits per heavy atom. The molecule has 12 nitrogen and oxygen atoms in total. The fourth-order valence-corrected chi connectivity index (χ4v) is 3.12. The number of carbonyl (C=O) groups excluding carboxylic acids is 4. The fraction of sp³-hybridized carbons (Fsp3) is 0.353. The molecule has 2 aliphatic rings. The van der Waals surface area contributed by atoms with Gasteiger partial charge in [-0.2, -0.15) is 4.98 Å². The smallest absolute Gasteiger partial charge is 0.277 e. The number of hydrogen-bond acceptors (Lipinski definition) is 10. The number of amides is 4. The molecular weight excluding hydrogens is 384 g/mol. The molecular formula is C17H16N6O6. The third-order valence-electron chi connectivity index (χ3n) is 4.52. The summed E-state index contributed by atoms with van der Waals surface area (Å²) in [6, 6.07) is -1.02. The molecule has 2 aliphatic heterocycles. The summed E-state index contributed by atoms with van der Waals surface area (Å²) < 4.78 is 10.5. The van der Waals surface area contributed by atoms with E-state index in [0.717, 1.165) is 11.0 Å². The quantitative estimate of drug-likeness (QED) is 0.652. The van der Waals surface area contributed by atoms with Gasteiger partial charge in [-0.1, -0.05) is 5.16 Å². The van der Waals surface area contributed by atoms with Gasteiger partial charge in [0, 0.05) is 19.5 Å². The third-order valence-corrected chi connectivity index (χ3v) is 4.52. The Balaban J connectivity index is 1.46. The number of aryl methyl sites for hydroxylation is 1. The number of oxazole rings is 1. The van der Waals surface area contributed by atoms with Gasteiger partial charge in [0.25, 0.3) is 23.5 Å². The van der Waals surface area contributed by atoms with Crippen LogP contribution in [-0.4, -0.2) is 61.6 Å². The highest BCUT2D eigenvalue weighted by molar-refractivity contribution is 6.18. The Morgan fingerprint density at radius 2 is 2.10 bits per heavy atom. The van der Waals surface area contributed by atoms with Crippen LogP contribution in [0.4, 0.5) is 0 Å². The number of likely N-dealkylation sites (N-methyl/N-ethyl adjacent to an activating group) is 1. The summed E-state index contributed by atoms with van der Waals surface area (Å²) in [5.41, 5.74) is 0.0754. The predicted molar refractivity (Wildman–Crippen MR) is 92.1 cm³/mol. The van der Waals surface area contributed by atoms with Crippen molar-refractivity contribution in [2.45, 2.75) is 32.4 Å². The summed E-state index contributed by atoms with van der Waals surface area (Å²) in [6.07, 6.45) is 2.81. The summed E-state index contributed by atoms with van der Waals surface area (Å²) >= 11 is 0. The number of imide groups is 2. The van der Waals surface area contributed by atoms with E-state index in [-0.39, 0.29) is 42.7 Å². The van der Waals surface area contributed by atoms with Gasteiger partial charge in [-0.25, -0.2) is 4.98 Å². The largest absolute Gasteiger partial charge is 0.439 e. The van der Waals surface area contributed by atoms with E-state index in [4.69, 9.17) is 8.94 Å². The number of hydrogen-bond donors (Lipinski definition) is 1. The molecule has 4 heterocycles. The lowest BCUT2D eigenvalue weighted by Gasteiger charge is -2.29. The van der Waals surface area contributed by atoms with Crippen molar-refractivity contribution in [3.63, 3.8) is 0 Å². The molecule has 0 spiro atoms. The van der Waals surface area contributed by atoms with Crippen molar-refractivity contribution >= 4 is 23.6 Å². The minimum absolute atomic E-state index is 0.0424. The second-order valence-electron chi connectivity index (χ2n) is 6.65. The van der Waals surface area contributed by atoms with Crippen molar-refractivity contribution in [2.75, 3.05) is 7.05 Å². The van der Waals surface area contributed by atoms with Crippen LogP contribution in [0.25, 0.3) is 11.7 Å². The van der Waals surface area contributed by atoms with Crippen LogP contribution >= 0.6 is 0 Å². The van der Waals surface area contributed by atoms with Gasteiger partial charge in [0.1, 0.15) is 17.5 Å². The van der Waals surface area contributed by atoms with E-state index in [0.29, 0.717) is 5.76 Å². The molecule has 150 valence electrons. The molecule has 4 rings (SSSR count). The molecule has 0 saturated carbocycles. The number of aromatic nitrogens is 3. The van der Waals surface area contributed by atoms with Crippen molar-refractivity contribution in [1.82, 2.24) is 30.2 Å². The SMILES string of the molecule is Cc1cnc(-c2noc(CN(C)C3=CC(=O)N(C4CCC(=O)NC4=O)C3=O)n2)o1. The van der Waals surface area contributed by atoms with Crippen LogP contribution in [0.3, 0.4) is 0 Å². The third kappa shape index (κ3) is 3.39. The number of nitrogens with one attached hydrogen (secondary N) is 1. The molecule has 29 heavy (non-hydrogen) atoms. The molecule has 1 atom stereocenters. The number of nitrogens with zero attached hydrogens (tertiary/aromatic N) is 5. The molecule has 1 fully saturated rings. The molecule has 1 unspecified atom stereocenters. The maximum absolute atomic E-state index is 12.7. The normalized spacial score (nSPS) is 19.6. The van der Waals surface area contributed by atoms with Gasteiger partial charge in [-0.05, 0) is 13.3 Å². The summed E-state index contributed by atoms with van der Waals surface area (Å²) in [5, 5.41) is 5.93. The number of piperidine rings is 1. The van der Waals surface area contributed by atoms with Gasteiger partial charge < -0.3 is 13.8 Å². The zero-order valence-corrected chi connectivity index (χ0v) is 15.5. The molecule has 0 aliphatic carbocycles. The van der Waals surface area contributed by atoms with E-state index in [9.17, 15) is 19.2 Å². The molecule has 1 saturated heterocycles. The molecule has 0 bridgehead atoms. The first-order valence-corrected chi connectivity index (χ1v) is 8.73. The Hall–Kier alpha value is -3.83. The Labute approximate surface area is 163 Å². The Kier molecular flexibility index (Phi) is 4.45. The van der Waals surface area contributed by atoms with E-state index < -0.39 is 29.7 Å². The molecule has 12 heteroatoms. The summed E-state index contributed by atoms with van der Waals surface area (Å²) in [6.45, 7) is 1.77. The lowest BCUT2D eigenvalue weighted by Crippen LogP contribution is -2.54. The van der Waals surface area contributed by atoms with Crippen LogP contribution in [0.1, 0.15) is 24.5 Å². The molecule has 1 N–H and O–H groups in total. The van der Waals surface area contributed by atoms with Crippen molar-refractivity contribution in [1.29, 1.82) is 0 Å². The second-order valence-corrected chi connectivity index (χ2v) is 6.65. The van der Waals surface area contributed by atoms with Gasteiger partial charge in [-0.3, -0.25) is 29.4 Å². The standard InChI is InChI=1S/C17H16N6O6/c1-8-6-18-16(28-8)14-20-12(29-21-14)7-22(2)10-5-13(25)23(17(10)27)9-3-4-11(24)19-15(9)26/h5-6,9H,3-4,7H2,1-2H3,(H,19,24,26). The maximum atomic E-state index is 12.7. The topological polar surface area (TPSA) is 152 Å². The first kappa shape index (κ1) is 18.5. The lowest BCUT2D eigenvalue weighted by molar-refractivity contribution is -0.150. The van der Waals surface area contributed by atoms with Crippen molar-refractivity contribution in [3.05, 3.63) is 29.6 Å². The molecule has 0 radical (unpaired) electrons. The fourth-order valence-electron chi connectivity index (χ4n) is 3.12. The number of carbonyl (C=O) groups is 4. The van der Waals surface area contributed by atoms with Crippen LogP contribution in [0.2, 0.25) is 0 Å². The van der Waals surface area contributed by atoms with Crippen molar-refractivity contribution in [3.8, 4) is 11.7 Å². The zero-order valence-electron chi connectivity index (χ0n) is 15.5. The molecule has 2 aromatic heterocycles. The minimum atomic E-state index is -1.02. The van der Waals surface area contributed by atoms with Gasteiger partial charge >= 0.3 is 0 Å². The minimum Gasteiger partial charge on any atom is -0.439 e. The van der Waals surface area contributed by atoms with Crippen LogP contribution in [0, 0.1) is 6.92 Å². The van der Waals surface area contributed by atoms with E-state index >= 15 is 0 Å². The highest BCUT2D eigenvalue weighted by atomic mass is 16.5. The Morgan fingerprint density at radius 3 is 2.79 bits per heavy atom. The first-order valence-electron chi connectivity index (χ1n) is 8.73. The summed E-state index contributed by atoms with van der Waals surface area (Å²) in [7, 11) is 1.57. The van der Waals surface area contributed by atoms with Crippen molar-refractivity contribution < 1.29 is 28.1 Å².